The summed E-state index contributed by atoms with van der Waals surface area (Å²) in [6, 6.07) is 5.64. The van der Waals surface area contributed by atoms with Crippen LogP contribution in [0, 0.1) is 0 Å². The van der Waals surface area contributed by atoms with E-state index in [1.54, 1.807) is 13.2 Å². The predicted octanol–water partition coefficient (Wildman–Crippen LogP) is 1.85. The molecule has 0 spiro atoms. The Balaban J connectivity index is 2.14. The second-order valence-electron chi connectivity index (χ2n) is 6.02. The number of phenolic OH excluding ortho intramolecular Hbond substituents is 1. The smallest absolute Gasteiger partial charge is 0.160 e. The van der Waals surface area contributed by atoms with Crippen molar-refractivity contribution in [2.75, 3.05) is 39.9 Å². The lowest BCUT2D eigenvalue weighted by Gasteiger charge is -2.43. The van der Waals surface area contributed by atoms with Crippen LogP contribution in [0.2, 0.25) is 0 Å². The van der Waals surface area contributed by atoms with E-state index in [0.717, 1.165) is 31.7 Å². The van der Waals surface area contributed by atoms with Crippen LogP contribution in [0.15, 0.2) is 18.2 Å². The van der Waals surface area contributed by atoms with Gasteiger partial charge in [0, 0.05) is 25.7 Å². The molecular weight excluding hydrogens is 280 g/mol. The van der Waals surface area contributed by atoms with Crippen molar-refractivity contribution < 1.29 is 14.9 Å². The van der Waals surface area contributed by atoms with Crippen LogP contribution >= 0.6 is 0 Å². The highest BCUT2D eigenvalue weighted by molar-refractivity contribution is 5.42. The van der Waals surface area contributed by atoms with Crippen molar-refractivity contribution in [1.29, 1.82) is 0 Å². The van der Waals surface area contributed by atoms with Gasteiger partial charge in [-0.25, -0.2) is 0 Å². The summed E-state index contributed by atoms with van der Waals surface area (Å²) in [5.41, 5.74) is 0.980. The van der Waals surface area contributed by atoms with Gasteiger partial charge >= 0.3 is 0 Å². The minimum atomic E-state index is -0.0618. The maximum absolute atomic E-state index is 9.89. The second-order valence-corrected chi connectivity index (χ2v) is 6.02. The largest absolute Gasteiger partial charge is 0.504 e. The van der Waals surface area contributed by atoms with Crippen LogP contribution in [0.25, 0.3) is 0 Å². The molecule has 2 atom stereocenters. The highest BCUT2D eigenvalue weighted by Gasteiger charge is 2.30. The highest BCUT2D eigenvalue weighted by atomic mass is 16.5. The molecule has 2 N–H and O–H groups in total. The average molecular weight is 308 g/mol. The molecule has 1 saturated heterocycles. The fourth-order valence-electron chi connectivity index (χ4n) is 3.33. The van der Waals surface area contributed by atoms with Gasteiger partial charge in [-0.15, -0.1) is 0 Å². The first-order valence-corrected chi connectivity index (χ1v) is 8.06. The molecule has 124 valence electrons. The number of rotatable bonds is 6. The Labute approximate surface area is 133 Å². The first-order chi connectivity index (χ1) is 10.6. The lowest BCUT2D eigenvalue weighted by Crippen LogP contribution is -2.53. The Hall–Kier alpha value is -1.30. The van der Waals surface area contributed by atoms with E-state index in [4.69, 9.17) is 4.74 Å². The van der Waals surface area contributed by atoms with E-state index in [0.29, 0.717) is 11.8 Å². The first kappa shape index (κ1) is 17.1. The Kier molecular flexibility index (Phi) is 6.06. The molecular formula is C17H28N2O3. The number of piperazine rings is 1. The molecule has 5 nitrogen and oxygen atoms in total. The van der Waals surface area contributed by atoms with E-state index < -0.39 is 0 Å². The van der Waals surface area contributed by atoms with Crippen molar-refractivity contribution in [2.24, 2.45) is 0 Å². The minimum Gasteiger partial charge on any atom is -0.504 e. The lowest BCUT2D eigenvalue weighted by molar-refractivity contribution is 0.0252. The molecule has 0 amide bonds. The van der Waals surface area contributed by atoms with E-state index in [-0.39, 0.29) is 18.4 Å². The van der Waals surface area contributed by atoms with Crippen LogP contribution in [0.4, 0.5) is 0 Å². The van der Waals surface area contributed by atoms with Gasteiger partial charge in [0.05, 0.1) is 19.8 Å². The number of phenols is 1. The van der Waals surface area contributed by atoms with Gasteiger partial charge in [0.1, 0.15) is 0 Å². The maximum atomic E-state index is 9.89. The summed E-state index contributed by atoms with van der Waals surface area (Å²) in [6.07, 6.45) is 1.17. The number of benzene rings is 1. The van der Waals surface area contributed by atoms with Crippen LogP contribution in [0.5, 0.6) is 11.5 Å². The molecule has 2 rings (SSSR count). The Bertz CT molecular complexity index is 481. The van der Waals surface area contributed by atoms with Gasteiger partial charge in [0.15, 0.2) is 11.5 Å². The van der Waals surface area contributed by atoms with Gasteiger partial charge in [-0.2, -0.15) is 0 Å². The van der Waals surface area contributed by atoms with E-state index in [2.05, 4.69) is 23.6 Å². The Morgan fingerprint density at radius 1 is 1.36 bits per heavy atom. The lowest BCUT2D eigenvalue weighted by atomic mass is 10.0. The molecule has 5 heteroatoms. The molecule has 22 heavy (non-hydrogen) atoms. The zero-order valence-electron chi connectivity index (χ0n) is 13.8. The second kappa shape index (κ2) is 7.81. The molecule has 1 aliphatic rings. The maximum Gasteiger partial charge on any atom is 0.160 e. The fraction of sp³-hybridized carbons (Fsp3) is 0.647. The molecule has 0 aliphatic carbocycles. The standard InChI is InChI=1S/C17H28N2O3/c1-4-7-18-8-9-19(13(2)11-18)15(12-20)14-5-6-16(21)17(10-14)22-3/h5-6,10,13,15,20-21H,4,7-9,11-12H2,1-3H3. The van der Waals surface area contributed by atoms with Gasteiger partial charge in [0.2, 0.25) is 0 Å². The summed E-state index contributed by atoms with van der Waals surface area (Å²) >= 11 is 0. The van der Waals surface area contributed by atoms with Crippen molar-refractivity contribution in [3.63, 3.8) is 0 Å². The predicted molar refractivity (Wildman–Crippen MR) is 87.4 cm³/mol. The number of methoxy groups -OCH3 is 1. The minimum absolute atomic E-state index is 0.0616. The Morgan fingerprint density at radius 2 is 2.14 bits per heavy atom. The molecule has 0 saturated carbocycles. The number of aliphatic hydroxyl groups is 1. The van der Waals surface area contributed by atoms with E-state index in [1.165, 1.54) is 6.42 Å². The van der Waals surface area contributed by atoms with Gasteiger partial charge in [0.25, 0.3) is 0 Å². The number of aromatic hydroxyl groups is 1. The highest BCUT2D eigenvalue weighted by Crippen LogP contribution is 2.32. The summed E-state index contributed by atoms with van der Waals surface area (Å²) in [5, 5.41) is 19.6. The molecule has 1 aliphatic heterocycles. The van der Waals surface area contributed by atoms with Crippen molar-refractivity contribution >= 4 is 0 Å². The third-order valence-corrected chi connectivity index (χ3v) is 4.46. The quantitative estimate of drug-likeness (QED) is 0.840. The van der Waals surface area contributed by atoms with Crippen LogP contribution < -0.4 is 4.74 Å². The summed E-state index contributed by atoms with van der Waals surface area (Å²) < 4.78 is 5.19. The monoisotopic (exact) mass is 308 g/mol. The molecule has 0 aromatic heterocycles. The number of hydrogen-bond donors (Lipinski definition) is 2. The van der Waals surface area contributed by atoms with E-state index in [1.807, 2.05) is 12.1 Å². The molecule has 1 heterocycles. The van der Waals surface area contributed by atoms with Crippen molar-refractivity contribution in [1.82, 2.24) is 9.80 Å². The van der Waals surface area contributed by atoms with Crippen LogP contribution in [-0.2, 0) is 0 Å². The molecule has 1 aromatic carbocycles. The first-order valence-electron chi connectivity index (χ1n) is 8.06. The third-order valence-electron chi connectivity index (χ3n) is 4.46. The molecule has 0 bridgehead atoms. The van der Waals surface area contributed by atoms with Crippen LogP contribution in [0.3, 0.4) is 0 Å². The third kappa shape index (κ3) is 3.72. The summed E-state index contributed by atoms with van der Waals surface area (Å²) in [6.45, 7) is 8.61. The van der Waals surface area contributed by atoms with Crippen molar-refractivity contribution in [3.05, 3.63) is 23.8 Å². The Morgan fingerprint density at radius 3 is 2.73 bits per heavy atom. The number of aliphatic hydroxyl groups excluding tert-OH is 1. The molecule has 0 radical (unpaired) electrons. The SMILES string of the molecule is CCCN1CCN(C(CO)c2ccc(O)c(OC)c2)C(C)C1. The average Bonchev–Trinajstić information content (AvgIpc) is 2.51. The fourth-order valence-corrected chi connectivity index (χ4v) is 3.33. The van der Waals surface area contributed by atoms with Crippen molar-refractivity contribution in [2.45, 2.75) is 32.4 Å². The molecule has 1 fully saturated rings. The normalized spacial score (nSPS) is 21.7. The van der Waals surface area contributed by atoms with Crippen LogP contribution in [0.1, 0.15) is 31.9 Å². The van der Waals surface area contributed by atoms with E-state index >= 15 is 0 Å². The molecule has 1 aromatic rings. The molecule has 2 unspecified atom stereocenters. The zero-order valence-corrected chi connectivity index (χ0v) is 13.8. The van der Waals surface area contributed by atoms with Crippen molar-refractivity contribution in [3.8, 4) is 11.5 Å². The zero-order chi connectivity index (χ0) is 16.1. The summed E-state index contributed by atoms with van der Waals surface area (Å²) in [5.74, 6) is 0.581. The van der Waals surface area contributed by atoms with E-state index in [9.17, 15) is 10.2 Å². The summed E-state index contributed by atoms with van der Waals surface area (Å²) in [4.78, 5) is 4.82. The van der Waals surface area contributed by atoms with Gasteiger partial charge in [-0.05, 0) is 37.6 Å². The summed E-state index contributed by atoms with van der Waals surface area (Å²) in [7, 11) is 1.54. The van der Waals surface area contributed by atoms with Crippen LogP contribution in [-0.4, -0.2) is 66.0 Å². The topological polar surface area (TPSA) is 56.2 Å². The number of hydrogen-bond acceptors (Lipinski definition) is 5. The van der Waals surface area contributed by atoms with Gasteiger partial charge in [-0.1, -0.05) is 13.0 Å². The number of nitrogens with zero attached hydrogens (tertiary/aromatic N) is 2. The number of ether oxygens (including phenoxy) is 1. The van der Waals surface area contributed by atoms with Gasteiger partial charge in [-0.3, -0.25) is 4.90 Å². The van der Waals surface area contributed by atoms with Gasteiger partial charge < -0.3 is 19.8 Å².